The van der Waals surface area contributed by atoms with Crippen LogP contribution in [0.2, 0.25) is 7.25 Å². The fraction of sp³-hybridized carbons (Fsp3) is 0.556. The summed E-state index contributed by atoms with van der Waals surface area (Å²) in [5.41, 5.74) is 0. The molecule has 0 aromatic rings. The van der Waals surface area contributed by atoms with Crippen LogP contribution in [-0.4, -0.2) is 0 Å². The van der Waals surface area contributed by atoms with Crippen LogP contribution in [0.1, 0.15) is 20.3 Å². The van der Waals surface area contributed by atoms with Crippen molar-refractivity contribution >= 4 is 0 Å². The summed E-state index contributed by atoms with van der Waals surface area (Å²) in [5, 5.41) is 0. The Bertz CT molecular complexity index is 135. The second kappa shape index (κ2) is 4.28. The van der Waals surface area contributed by atoms with Crippen molar-refractivity contribution in [2.75, 3.05) is 0 Å². The Kier molecular flexibility index (Phi) is 3.62. The first-order valence-electron chi connectivity index (χ1n) is 3.94. The van der Waals surface area contributed by atoms with Gasteiger partial charge in [-0.3, -0.25) is 0 Å². The molecule has 1 rings (SSSR count). The molecule has 0 aromatic carbocycles. The molecule has 0 amide bonds. The third-order valence-corrected chi connectivity index (χ3v) is 6.13. The van der Waals surface area contributed by atoms with Crippen molar-refractivity contribution < 1.29 is 23.2 Å². The molecule has 1 heteroatoms. The zero-order valence-electron chi connectivity index (χ0n) is 6.67. The average molecular weight is 213 g/mol. The summed E-state index contributed by atoms with van der Waals surface area (Å²) in [4.78, 5) is 0. The first-order valence-corrected chi connectivity index (χ1v) is 6.78. The van der Waals surface area contributed by atoms with Crippen LogP contribution in [-0.2, 0) is 23.2 Å². The van der Waals surface area contributed by atoms with Gasteiger partial charge in [0.1, 0.15) is 0 Å². The van der Waals surface area contributed by atoms with E-state index in [4.69, 9.17) is 0 Å². The van der Waals surface area contributed by atoms with Crippen LogP contribution in [0.15, 0.2) is 24.3 Å². The van der Waals surface area contributed by atoms with Gasteiger partial charge in [0.2, 0.25) is 0 Å². The maximum absolute atomic E-state index is 2.40. The Labute approximate surface area is 75.0 Å². The summed E-state index contributed by atoms with van der Waals surface area (Å²) in [7, 11) is 0. The summed E-state index contributed by atoms with van der Waals surface area (Å²) in [6.45, 7) is 4.69. The van der Waals surface area contributed by atoms with Gasteiger partial charge in [-0.2, -0.15) is 0 Å². The molecule has 0 heterocycles. The summed E-state index contributed by atoms with van der Waals surface area (Å²) < 4.78 is 1.94. The topological polar surface area (TPSA) is 0 Å². The zero-order valence-corrected chi connectivity index (χ0v) is 9.13. The fourth-order valence-electron chi connectivity index (χ4n) is 0.989. The van der Waals surface area contributed by atoms with Gasteiger partial charge in [0.25, 0.3) is 0 Å². The summed E-state index contributed by atoms with van der Waals surface area (Å²) in [6.07, 6.45) is 10.5. The van der Waals surface area contributed by atoms with Crippen molar-refractivity contribution in [1.29, 1.82) is 0 Å². The molecule has 0 aliphatic heterocycles. The van der Waals surface area contributed by atoms with Crippen molar-refractivity contribution in [3.8, 4) is 0 Å². The van der Waals surface area contributed by atoms with Gasteiger partial charge >= 0.3 is 75.1 Å². The molecule has 0 N–H and O–H groups in total. The van der Waals surface area contributed by atoms with Gasteiger partial charge in [-0.25, -0.2) is 0 Å². The Morgan fingerprint density at radius 2 is 2.00 bits per heavy atom. The molecule has 10 heavy (non-hydrogen) atoms. The van der Waals surface area contributed by atoms with Crippen molar-refractivity contribution in [2.24, 2.45) is 0 Å². The first kappa shape index (κ1) is 8.46. The van der Waals surface area contributed by atoms with E-state index in [1.165, 1.54) is 6.42 Å². The SMILES string of the molecule is CC[CH](C)[Zr][CH]1C=CC=C1. The van der Waals surface area contributed by atoms with Crippen LogP contribution in [0.4, 0.5) is 0 Å². The number of hydrogen-bond acceptors (Lipinski definition) is 0. The first-order chi connectivity index (χ1) is 4.83. The van der Waals surface area contributed by atoms with Crippen LogP contribution >= 0.6 is 0 Å². The van der Waals surface area contributed by atoms with E-state index >= 15 is 0 Å². The van der Waals surface area contributed by atoms with Gasteiger partial charge in [0.05, 0.1) is 0 Å². The van der Waals surface area contributed by atoms with Gasteiger partial charge in [-0.1, -0.05) is 0 Å². The van der Waals surface area contributed by atoms with E-state index in [0.29, 0.717) is 0 Å². The van der Waals surface area contributed by atoms with Crippen LogP contribution in [0, 0.1) is 0 Å². The molecular weight excluding hydrogens is 199 g/mol. The predicted octanol–water partition coefficient (Wildman–Crippen LogP) is 3.20. The molecular formula is C9H14Zr. The molecule has 1 aliphatic carbocycles. The minimum atomic E-state index is -0.127. The average Bonchev–Trinajstić information content (AvgIpc) is 2.40. The van der Waals surface area contributed by atoms with Gasteiger partial charge in [-0.05, 0) is 0 Å². The van der Waals surface area contributed by atoms with Crippen LogP contribution in [0.25, 0.3) is 0 Å². The zero-order chi connectivity index (χ0) is 7.40. The van der Waals surface area contributed by atoms with Crippen LogP contribution < -0.4 is 0 Å². The number of hydrogen-bond donors (Lipinski definition) is 0. The molecule has 0 bridgehead atoms. The monoisotopic (exact) mass is 212 g/mol. The molecule has 1 unspecified atom stereocenters. The molecule has 0 radical (unpaired) electrons. The Balaban J connectivity index is 2.25. The minimum absolute atomic E-state index is 0.127. The molecule has 1 aliphatic rings. The quantitative estimate of drug-likeness (QED) is 0.675. The fourth-order valence-corrected chi connectivity index (χ4v) is 4.28. The van der Waals surface area contributed by atoms with Gasteiger partial charge in [0.15, 0.2) is 0 Å². The third kappa shape index (κ3) is 2.54. The standard InChI is InChI=1S/C5H5.C4H9.Zr/c1-2-4-5-3-1;1-3-4-2;/h1-5H;3H,4H2,1-2H3;. The van der Waals surface area contributed by atoms with E-state index in [-0.39, 0.29) is 23.2 Å². The molecule has 0 fully saturated rings. The summed E-state index contributed by atoms with van der Waals surface area (Å²) >= 11 is -0.127. The van der Waals surface area contributed by atoms with Gasteiger partial charge < -0.3 is 0 Å². The molecule has 0 spiro atoms. The summed E-state index contributed by atoms with van der Waals surface area (Å²) in [5.74, 6) is 0. The Morgan fingerprint density at radius 1 is 1.40 bits per heavy atom. The number of rotatable bonds is 3. The van der Waals surface area contributed by atoms with Crippen LogP contribution in [0.5, 0.6) is 0 Å². The van der Waals surface area contributed by atoms with E-state index in [1.54, 1.807) is 0 Å². The molecule has 0 saturated carbocycles. The molecule has 0 saturated heterocycles. The van der Waals surface area contributed by atoms with Crippen LogP contribution in [0.3, 0.4) is 0 Å². The van der Waals surface area contributed by atoms with E-state index in [1.807, 2.05) is 0 Å². The predicted molar refractivity (Wildman–Crippen MR) is 41.7 cm³/mol. The molecule has 54 valence electrons. The Hall–Kier alpha value is 0.363. The molecule has 0 nitrogen and oxygen atoms in total. The van der Waals surface area contributed by atoms with Crippen molar-refractivity contribution in [3.05, 3.63) is 24.3 Å². The van der Waals surface area contributed by atoms with E-state index in [0.717, 1.165) is 7.25 Å². The van der Waals surface area contributed by atoms with Gasteiger partial charge in [0, 0.05) is 0 Å². The maximum atomic E-state index is 2.40. The Morgan fingerprint density at radius 3 is 2.50 bits per heavy atom. The number of allylic oxidation sites excluding steroid dienone is 4. The third-order valence-electron chi connectivity index (χ3n) is 1.84. The van der Waals surface area contributed by atoms with E-state index in [2.05, 4.69) is 38.2 Å². The van der Waals surface area contributed by atoms with E-state index < -0.39 is 0 Å². The second-order valence-corrected chi connectivity index (χ2v) is 7.65. The van der Waals surface area contributed by atoms with Crippen molar-refractivity contribution in [2.45, 2.75) is 27.5 Å². The summed E-state index contributed by atoms with van der Waals surface area (Å²) in [6, 6.07) is 0. The molecule has 1 atom stereocenters. The van der Waals surface area contributed by atoms with Crippen molar-refractivity contribution in [3.63, 3.8) is 0 Å². The molecule has 0 aromatic heterocycles. The normalized spacial score (nSPS) is 19.8. The van der Waals surface area contributed by atoms with Gasteiger partial charge in [-0.15, -0.1) is 0 Å². The van der Waals surface area contributed by atoms with E-state index in [9.17, 15) is 0 Å². The van der Waals surface area contributed by atoms with Crippen molar-refractivity contribution in [1.82, 2.24) is 0 Å². The second-order valence-electron chi connectivity index (χ2n) is 2.77.